The Kier molecular flexibility index (Phi) is 6.63. The molecule has 0 aromatic heterocycles. The van der Waals surface area contributed by atoms with Crippen molar-refractivity contribution in [1.29, 1.82) is 0 Å². The Balaban J connectivity index is 2.17. The summed E-state index contributed by atoms with van der Waals surface area (Å²) in [5, 5.41) is 3.15. The van der Waals surface area contributed by atoms with E-state index in [0.29, 0.717) is 19.5 Å². The lowest BCUT2D eigenvalue weighted by Crippen LogP contribution is -2.46. The second kappa shape index (κ2) is 7.74. The van der Waals surface area contributed by atoms with Crippen LogP contribution in [0.15, 0.2) is 0 Å². The van der Waals surface area contributed by atoms with Crippen LogP contribution < -0.4 is 5.32 Å². The van der Waals surface area contributed by atoms with Crippen LogP contribution in [0.3, 0.4) is 0 Å². The van der Waals surface area contributed by atoms with Crippen molar-refractivity contribution in [3.63, 3.8) is 0 Å². The standard InChI is InChI=1S/C10H21N2O5P/c1-15-18(14,16-2)9-3-8-17-10(13)12-6-4-11-5-7-12/h11H,3-9H2,1-2H3. The number of nitrogens with zero attached hydrogens (tertiary/aromatic N) is 1. The quantitative estimate of drug-likeness (QED) is 0.575. The molecule has 8 heteroatoms. The van der Waals surface area contributed by atoms with Gasteiger partial charge in [-0.15, -0.1) is 0 Å². The predicted octanol–water partition coefficient (Wildman–Crippen LogP) is 0.904. The van der Waals surface area contributed by atoms with Gasteiger partial charge in [-0.2, -0.15) is 0 Å². The van der Waals surface area contributed by atoms with E-state index in [1.807, 2.05) is 0 Å². The first kappa shape index (κ1) is 15.4. The Hall–Kier alpha value is -0.620. The van der Waals surface area contributed by atoms with E-state index in [1.165, 1.54) is 14.2 Å². The number of piperazine rings is 1. The summed E-state index contributed by atoms with van der Waals surface area (Å²) in [7, 11) is -0.300. The van der Waals surface area contributed by atoms with Gasteiger partial charge in [0, 0.05) is 40.4 Å². The van der Waals surface area contributed by atoms with Crippen LogP contribution in [0.1, 0.15) is 6.42 Å². The lowest BCUT2D eigenvalue weighted by atomic mass is 10.4. The van der Waals surface area contributed by atoms with Gasteiger partial charge in [0.2, 0.25) is 0 Å². The van der Waals surface area contributed by atoms with E-state index in [1.54, 1.807) is 4.90 Å². The molecule has 18 heavy (non-hydrogen) atoms. The van der Waals surface area contributed by atoms with Crippen molar-refractivity contribution in [3.05, 3.63) is 0 Å². The molecule has 106 valence electrons. The molecule has 1 heterocycles. The van der Waals surface area contributed by atoms with Crippen molar-refractivity contribution < 1.29 is 23.1 Å². The van der Waals surface area contributed by atoms with E-state index < -0.39 is 7.60 Å². The van der Waals surface area contributed by atoms with Gasteiger partial charge in [0.1, 0.15) is 0 Å². The third-order valence-electron chi connectivity index (χ3n) is 2.73. The molecule has 0 spiro atoms. The largest absolute Gasteiger partial charge is 0.449 e. The minimum absolute atomic E-state index is 0.222. The molecule has 0 aromatic rings. The third kappa shape index (κ3) is 4.94. The van der Waals surface area contributed by atoms with E-state index in [2.05, 4.69) is 5.32 Å². The van der Waals surface area contributed by atoms with Crippen LogP contribution in [0.2, 0.25) is 0 Å². The van der Waals surface area contributed by atoms with Crippen LogP contribution in [0.5, 0.6) is 0 Å². The zero-order valence-corrected chi connectivity index (χ0v) is 11.8. The summed E-state index contributed by atoms with van der Waals surface area (Å²) in [4.78, 5) is 13.3. The van der Waals surface area contributed by atoms with Crippen LogP contribution >= 0.6 is 7.60 Å². The molecule has 1 amide bonds. The molecule has 0 aliphatic carbocycles. The highest BCUT2D eigenvalue weighted by Crippen LogP contribution is 2.46. The zero-order chi connectivity index (χ0) is 13.4. The lowest BCUT2D eigenvalue weighted by Gasteiger charge is -2.26. The second-order valence-corrected chi connectivity index (χ2v) is 6.30. The Morgan fingerprint density at radius 3 is 2.44 bits per heavy atom. The summed E-state index contributed by atoms with van der Waals surface area (Å²) in [6, 6.07) is 0. The molecule has 1 saturated heterocycles. The highest BCUT2D eigenvalue weighted by atomic mass is 31.2. The molecular weight excluding hydrogens is 259 g/mol. The molecule has 0 bridgehead atoms. The molecule has 1 fully saturated rings. The minimum atomic E-state index is -2.99. The van der Waals surface area contributed by atoms with Crippen LogP contribution in [0.4, 0.5) is 4.79 Å². The van der Waals surface area contributed by atoms with Crippen LogP contribution in [0, 0.1) is 0 Å². The van der Waals surface area contributed by atoms with Crippen LogP contribution in [0.25, 0.3) is 0 Å². The van der Waals surface area contributed by atoms with Crippen molar-refractivity contribution in [1.82, 2.24) is 10.2 Å². The van der Waals surface area contributed by atoms with Crippen molar-refractivity contribution in [2.75, 3.05) is 53.2 Å². The Bertz CT molecular complexity index is 299. The fraction of sp³-hybridized carbons (Fsp3) is 0.900. The summed E-state index contributed by atoms with van der Waals surface area (Å²) >= 11 is 0. The van der Waals surface area contributed by atoms with Gasteiger partial charge in [0.15, 0.2) is 0 Å². The number of amides is 1. The van der Waals surface area contributed by atoms with E-state index >= 15 is 0 Å². The van der Waals surface area contributed by atoms with E-state index in [4.69, 9.17) is 13.8 Å². The first-order valence-electron chi connectivity index (χ1n) is 5.94. The SMILES string of the molecule is COP(=O)(CCCOC(=O)N1CCNCC1)OC. The summed E-state index contributed by atoms with van der Waals surface area (Å²) in [5.74, 6) is 0. The molecule has 0 radical (unpaired) electrons. The summed E-state index contributed by atoms with van der Waals surface area (Å²) < 4.78 is 26.4. The summed E-state index contributed by atoms with van der Waals surface area (Å²) in [5.41, 5.74) is 0. The van der Waals surface area contributed by atoms with Gasteiger partial charge >= 0.3 is 13.7 Å². The van der Waals surface area contributed by atoms with Gasteiger partial charge < -0.3 is 24.0 Å². The number of hydrogen-bond donors (Lipinski definition) is 1. The Labute approximate surface area is 107 Å². The average molecular weight is 280 g/mol. The molecule has 1 aliphatic heterocycles. The number of carbonyl (C=O) groups is 1. The van der Waals surface area contributed by atoms with Gasteiger partial charge in [0.05, 0.1) is 12.8 Å². The molecule has 0 saturated carbocycles. The fourth-order valence-electron chi connectivity index (χ4n) is 1.61. The number of hydrogen-bond acceptors (Lipinski definition) is 6. The van der Waals surface area contributed by atoms with Gasteiger partial charge in [-0.1, -0.05) is 0 Å². The van der Waals surface area contributed by atoms with Crippen LogP contribution in [-0.4, -0.2) is 64.2 Å². The minimum Gasteiger partial charge on any atom is -0.449 e. The summed E-state index contributed by atoms with van der Waals surface area (Å²) in [6.45, 7) is 3.12. The maximum Gasteiger partial charge on any atom is 0.409 e. The lowest BCUT2D eigenvalue weighted by molar-refractivity contribution is 0.0974. The van der Waals surface area contributed by atoms with Gasteiger partial charge in [-0.3, -0.25) is 4.57 Å². The number of ether oxygens (including phenoxy) is 1. The molecule has 1 aliphatic rings. The maximum atomic E-state index is 11.7. The van der Waals surface area contributed by atoms with Crippen LogP contribution in [-0.2, 0) is 18.3 Å². The Morgan fingerprint density at radius 2 is 1.89 bits per heavy atom. The molecule has 0 atom stereocenters. The number of carbonyl (C=O) groups excluding carboxylic acids is 1. The molecule has 0 unspecified atom stereocenters. The molecular formula is C10H21N2O5P. The first-order chi connectivity index (χ1) is 8.61. The first-order valence-corrected chi connectivity index (χ1v) is 7.67. The zero-order valence-electron chi connectivity index (χ0n) is 10.9. The van der Waals surface area contributed by atoms with Gasteiger partial charge in [-0.25, -0.2) is 4.79 Å². The average Bonchev–Trinajstić information content (AvgIpc) is 2.44. The Morgan fingerprint density at radius 1 is 1.28 bits per heavy atom. The van der Waals surface area contributed by atoms with Crippen molar-refractivity contribution in [2.45, 2.75) is 6.42 Å². The highest BCUT2D eigenvalue weighted by Gasteiger charge is 2.21. The van der Waals surface area contributed by atoms with E-state index in [0.717, 1.165) is 13.1 Å². The predicted molar refractivity (Wildman–Crippen MR) is 66.9 cm³/mol. The normalized spacial score (nSPS) is 16.7. The summed E-state index contributed by atoms with van der Waals surface area (Å²) in [6.07, 6.45) is 0.382. The van der Waals surface area contributed by atoms with Crippen molar-refractivity contribution in [3.8, 4) is 0 Å². The van der Waals surface area contributed by atoms with Crippen molar-refractivity contribution >= 4 is 13.7 Å². The monoisotopic (exact) mass is 280 g/mol. The molecule has 1 rings (SSSR count). The molecule has 0 aromatic carbocycles. The van der Waals surface area contributed by atoms with Gasteiger partial charge in [-0.05, 0) is 6.42 Å². The smallest absolute Gasteiger partial charge is 0.409 e. The molecule has 1 N–H and O–H groups in total. The van der Waals surface area contributed by atoms with Crippen molar-refractivity contribution in [2.24, 2.45) is 0 Å². The number of rotatable bonds is 6. The highest BCUT2D eigenvalue weighted by molar-refractivity contribution is 7.53. The fourth-order valence-corrected chi connectivity index (χ4v) is 2.64. The molecule has 7 nitrogen and oxygen atoms in total. The third-order valence-corrected chi connectivity index (χ3v) is 4.71. The second-order valence-electron chi connectivity index (χ2n) is 3.90. The van der Waals surface area contributed by atoms with E-state index in [-0.39, 0.29) is 18.9 Å². The number of nitrogens with one attached hydrogen (secondary N) is 1. The van der Waals surface area contributed by atoms with E-state index in [9.17, 15) is 9.36 Å². The topological polar surface area (TPSA) is 77.1 Å². The maximum absolute atomic E-state index is 11.7. The van der Waals surface area contributed by atoms with Gasteiger partial charge in [0.25, 0.3) is 0 Å².